The van der Waals surface area contributed by atoms with E-state index in [1.54, 1.807) is 84.9 Å². The Bertz CT molecular complexity index is 1610. The standard InChI is InChI=1S/C32H24BrN3O5/c1-21-9-8-10-23(17-21)34-29(37)20-41-28-16-15-22(19-27(28)33)18-26-30(38)35(24-11-4-2-5-12-24)32(40)36(31(26)39)25-13-6-3-7-14-25/h2-19H,20H2,1H3,(H,34,37). The van der Waals surface area contributed by atoms with Crippen LogP contribution >= 0.6 is 15.9 Å². The molecule has 1 saturated heterocycles. The van der Waals surface area contributed by atoms with Crippen molar-refractivity contribution in [2.75, 3.05) is 21.7 Å². The molecule has 0 saturated carbocycles. The molecule has 204 valence electrons. The van der Waals surface area contributed by atoms with Crippen molar-refractivity contribution in [3.63, 3.8) is 0 Å². The number of carbonyl (C=O) groups excluding carboxylic acids is 4. The topological polar surface area (TPSA) is 96.0 Å². The van der Waals surface area contributed by atoms with Crippen LogP contribution in [0.15, 0.2) is 113 Å². The summed E-state index contributed by atoms with van der Waals surface area (Å²) in [5, 5.41) is 2.79. The molecule has 1 aliphatic rings. The third-order valence-corrected chi connectivity index (χ3v) is 6.83. The van der Waals surface area contributed by atoms with Gasteiger partial charge in [0, 0.05) is 5.69 Å². The van der Waals surface area contributed by atoms with Gasteiger partial charge in [0.05, 0.1) is 15.8 Å². The number of imide groups is 2. The summed E-state index contributed by atoms with van der Waals surface area (Å²) in [5.41, 5.74) is 2.71. The molecule has 1 heterocycles. The molecular weight excluding hydrogens is 586 g/mol. The number of aryl methyl sites for hydroxylation is 1. The van der Waals surface area contributed by atoms with Crippen molar-refractivity contribution in [2.45, 2.75) is 6.92 Å². The molecule has 0 aliphatic carbocycles. The van der Waals surface area contributed by atoms with Crippen LogP contribution in [0.1, 0.15) is 11.1 Å². The normalized spacial score (nSPS) is 13.3. The lowest BCUT2D eigenvalue weighted by Crippen LogP contribution is -2.57. The van der Waals surface area contributed by atoms with Gasteiger partial charge in [0.2, 0.25) is 0 Å². The molecule has 41 heavy (non-hydrogen) atoms. The Hall–Kier alpha value is -5.02. The van der Waals surface area contributed by atoms with E-state index in [4.69, 9.17) is 4.74 Å². The third kappa shape index (κ3) is 6.10. The number of hydrogen-bond acceptors (Lipinski definition) is 5. The van der Waals surface area contributed by atoms with Crippen LogP contribution in [0.2, 0.25) is 0 Å². The lowest BCUT2D eigenvalue weighted by atomic mass is 10.0. The summed E-state index contributed by atoms with van der Waals surface area (Å²) in [4.78, 5) is 54.8. The molecule has 1 aliphatic heterocycles. The van der Waals surface area contributed by atoms with E-state index in [0.29, 0.717) is 32.8 Å². The molecule has 4 aromatic rings. The van der Waals surface area contributed by atoms with Gasteiger partial charge in [-0.1, -0.05) is 54.6 Å². The quantitative estimate of drug-likeness (QED) is 0.194. The van der Waals surface area contributed by atoms with Gasteiger partial charge in [-0.3, -0.25) is 14.4 Å². The van der Waals surface area contributed by atoms with Crippen molar-refractivity contribution in [1.29, 1.82) is 0 Å². The van der Waals surface area contributed by atoms with Crippen LogP contribution in [-0.4, -0.2) is 30.4 Å². The van der Waals surface area contributed by atoms with Crippen LogP contribution < -0.4 is 19.9 Å². The number of urea groups is 1. The predicted octanol–water partition coefficient (Wildman–Crippen LogP) is 6.36. The Balaban J connectivity index is 1.40. The van der Waals surface area contributed by atoms with Crippen LogP contribution in [0, 0.1) is 6.92 Å². The summed E-state index contributed by atoms with van der Waals surface area (Å²) in [6.45, 7) is 1.72. The minimum Gasteiger partial charge on any atom is -0.483 e. The average Bonchev–Trinajstić information content (AvgIpc) is 2.96. The van der Waals surface area contributed by atoms with E-state index in [2.05, 4.69) is 21.2 Å². The highest BCUT2D eigenvalue weighted by Crippen LogP contribution is 2.31. The number of barbiturate groups is 1. The number of hydrogen-bond donors (Lipinski definition) is 1. The van der Waals surface area contributed by atoms with Gasteiger partial charge in [0.1, 0.15) is 11.3 Å². The van der Waals surface area contributed by atoms with E-state index >= 15 is 0 Å². The van der Waals surface area contributed by atoms with Crippen molar-refractivity contribution >= 4 is 62.8 Å². The molecule has 8 nitrogen and oxygen atoms in total. The zero-order valence-corrected chi connectivity index (χ0v) is 23.5. The fourth-order valence-corrected chi connectivity index (χ4v) is 4.80. The van der Waals surface area contributed by atoms with Gasteiger partial charge in [0.25, 0.3) is 17.7 Å². The van der Waals surface area contributed by atoms with Gasteiger partial charge < -0.3 is 10.1 Å². The number of halogens is 1. The first-order valence-electron chi connectivity index (χ1n) is 12.7. The van der Waals surface area contributed by atoms with Crippen LogP contribution in [0.5, 0.6) is 5.75 Å². The number of nitrogens with one attached hydrogen (secondary N) is 1. The first-order chi connectivity index (χ1) is 19.8. The van der Waals surface area contributed by atoms with Gasteiger partial charge in [0.15, 0.2) is 6.61 Å². The molecule has 1 fully saturated rings. The van der Waals surface area contributed by atoms with Crippen molar-refractivity contribution < 1.29 is 23.9 Å². The molecule has 0 radical (unpaired) electrons. The zero-order chi connectivity index (χ0) is 28.9. The Kier molecular flexibility index (Phi) is 8.07. The lowest BCUT2D eigenvalue weighted by Gasteiger charge is -2.33. The maximum Gasteiger partial charge on any atom is 0.343 e. The summed E-state index contributed by atoms with van der Waals surface area (Å²) >= 11 is 3.44. The number of nitrogens with zero attached hydrogens (tertiary/aromatic N) is 2. The van der Waals surface area contributed by atoms with Gasteiger partial charge >= 0.3 is 6.03 Å². The molecule has 0 unspecified atom stereocenters. The van der Waals surface area contributed by atoms with Crippen molar-refractivity contribution in [3.8, 4) is 5.75 Å². The lowest BCUT2D eigenvalue weighted by molar-refractivity contribution is -0.121. The highest BCUT2D eigenvalue weighted by atomic mass is 79.9. The Labute approximate surface area is 245 Å². The number of carbonyl (C=O) groups is 4. The summed E-state index contributed by atoms with van der Waals surface area (Å²) < 4.78 is 6.19. The number of amides is 5. The Morgan fingerprint density at radius 1 is 0.805 bits per heavy atom. The number of ether oxygens (including phenoxy) is 1. The van der Waals surface area contributed by atoms with E-state index in [1.807, 2.05) is 25.1 Å². The third-order valence-electron chi connectivity index (χ3n) is 6.21. The van der Waals surface area contributed by atoms with E-state index in [1.165, 1.54) is 6.08 Å². The molecule has 0 atom stereocenters. The number of rotatable bonds is 7. The van der Waals surface area contributed by atoms with Crippen molar-refractivity contribution in [2.24, 2.45) is 0 Å². The van der Waals surface area contributed by atoms with E-state index in [9.17, 15) is 19.2 Å². The van der Waals surface area contributed by atoms with Crippen molar-refractivity contribution in [1.82, 2.24) is 0 Å². The monoisotopic (exact) mass is 609 g/mol. The van der Waals surface area contributed by atoms with Crippen LogP contribution in [0.4, 0.5) is 21.9 Å². The molecule has 0 aromatic heterocycles. The predicted molar refractivity (Wildman–Crippen MR) is 161 cm³/mol. The summed E-state index contributed by atoms with van der Waals surface area (Å²) in [6.07, 6.45) is 1.43. The maximum atomic E-state index is 13.5. The zero-order valence-electron chi connectivity index (χ0n) is 21.9. The fourth-order valence-electron chi connectivity index (χ4n) is 4.29. The number of benzene rings is 4. The molecule has 0 bridgehead atoms. The van der Waals surface area contributed by atoms with Crippen LogP contribution in [-0.2, 0) is 14.4 Å². The molecule has 5 amide bonds. The summed E-state index contributed by atoms with van der Waals surface area (Å²) in [6, 6.07) is 28.5. The van der Waals surface area contributed by atoms with Crippen LogP contribution in [0.3, 0.4) is 0 Å². The average molecular weight is 610 g/mol. The largest absolute Gasteiger partial charge is 0.483 e. The number of anilines is 3. The summed E-state index contributed by atoms with van der Waals surface area (Å²) in [7, 11) is 0. The van der Waals surface area contributed by atoms with E-state index in [0.717, 1.165) is 15.4 Å². The molecule has 1 N–H and O–H groups in total. The fraction of sp³-hybridized carbons (Fsp3) is 0.0625. The Morgan fingerprint density at radius 2 is 1.41 bits per heavy atom. The highest BCUT2D eigenvalue weighted by Gasteiger charge is 2.43. The maximum absolute atomic E-state index is 13.5. The molecule has 9 heteroatoms. The van der Waals surface area contributed by atoms with Gasteiger partial charge in [-0.25, -0.2) is 14.6 Å². The molecule has 0 spiro atoms. The number of para-hydroxylation sites is 2. The van der Waals surface area contributed by atoms with Gasteiger partial charge in [-0.05, 0) is 88.6 Å². The molecule has 5 rings (SSSR count). The SMILES string of the molecule is Cc1cccc(NC(=O)COc2ccc(C=C3C(=O)N(c4ccccc4)C(=O)N(c4ccccc4)C3=O)cc2Br)c1. The molecule has 4 aromatic carbocycles. The first kappa shape index (κ1) is 27.5. The second-order valence-electron chi connectivity index (χ2n) is 9.19. The molecular formula is C32H24BrN3O5. The van der Waals surface area contributed by atoms with E-state index in [-0.39, 0.29) is 18.1 Å². The Morgan fingerprint density at radius 3 is 1.98 bits per heavy atom. The summed E-state index contributed by atoms with van der Waals surface area (Å²) in [5.74, 6) is -1.39. The second-order valence-corrected chi connectivity index (χ2v) is 10.0. The van der Waals surface area contributed by atoms with Gasteiger partial charge in [-0.2, -0.15) is 0 Å². The first-order valence-corrected chi connectivity index (χ1v) is 13.4. The van der Waals surface area contributed by atoms with Crippen LogP contribution in [0.25, 0.3) is 6.08 Å². The minimum absolute atomic E-state index is 0.185. The minimum atomic E-state index is -0.761. The second kappa shape index (κ2) is 12.0. The van der Waals surface area contributed by atoms with Gasteiger partial charge in [-0.15, -0.1) is 0 Å². The van der Waals surface area contributed by atoms with Crippen molar-refractivity contribution in [3.05, 3.63) is 124 Å². The highest BCUT2D eigenvalue weighted by molar-refractivity contribution is 9.10. The smallest absolute Gasteiger partial charge is 0.343 e. The van der Waals surface area contributed by atoms with E-state index < -0.39 is 17.8 Å².